The Bertz CT molecular complexity index is 1110. The molecule has 0 aliphatic heterocycles. The van der Waals surface area contributed by atoms with Crippen LogP contribution in [-0.2, 0) is 6.42 Å². The minimum Gasteiger partial charge on any atom is -0.360 e. The molecule has 0 aliphatic carbocycles. The Morgan fingerprint density at radius 2 is 2.11 bits per heavy atom. The second-order valence-corrected chi connectivity index (χ2v) is 6.18. The van der Waals surface area contributed by atoms with Gasteiger partial charge in [-0.25, -0.2) is 4.98 Å². The number of carbonyl (C=O) groups is 1. The molecule has 0 bridgehead atoms. The molecule has 0 saturated heterocycles. The molecule has 4 rings (SSSR count). The number of benzene rings is 1. The van der Waals surface area contributed by atoms with Crippen LogP contribution in [0.2, 0.25) is 5.02 Å². The molecule has 0 fully saturated rings. The van der Waals surface area contributed by atoms with Gasteiger partial charge in [-0.2, -0.15) is 4.68 Å². The van der Waals surface area contributed by atoms with Crippen LogP contribution in [-0.4, -0.2) is 36.3 Å². The number of hydrogen-bond donors (Lipinski definition) is 1. The summed E-state index contributed by atoms with van der Waals surface area (Å²) in [4.78, 5) is 17.2. The van der Waals surface area contributed by atoms with Crippen LogP contribution in [0.1, 0.15) is 23.0 Å². The molecule has 1 amide bonds. The van der Waals surface area contributed by atoms with Gasteiger partial charge < -0.3 is 9.84 Å². The van der Waals surface area contributed by atoms with Gasteiger partial charge in [0.25, 0.3) is 5.91 Å². The van der Waals surface area contributed by atoms with Crippen LogP contribution in [0.25, 0.3) is 17.1 Å². The van der Waals surface area contributed by atoms with Gasteiger partial charge in [-0.3, -0.25) is 4.79 Å². The van der Waals surface area contributed by atoms with Gasteiger partial charge in [-0.05, 0) is 28.6 Å². The fourth-order valence-electron chi connectivity index (χ4n) is 2.69. The summed E-state index contributed by atoms with van der Waals surface area (Å²) in [6, 6.07) is 10.6. The van der Waals surface area contributed by atoms with E-state index in [2.05, 4.69) is 31.0 Å². The molecule has 1 N–H and O–H groups in total. The highest BCUT2D eigenvalue weighted by molar-refractivity contribution is 6.33. The summed E-state index contributed by atoms with van der Waals surface area (Å²) in [5.74, 6) is 0.648. The molecule has 0 atom stereocenters. The highest BCUT2D eigenvalue weighted by Crippen LogP contribution is 2.31. The summed E-state index contributed by atoms with van der Waals surface area (Å²) >= 11 is 6.27. The lowest BCUT2D eigenvalue weighted by Crippen LogP contribution is -2.14. The van der Waals surface area contributed by atoms with E-state index in [0.717, 1.165) is 0 Å². The Morgan fingerprint density at radius 1 is 1.25 bits per heavy atom. The van der Waals surface area contributed by atoms with Crippen molar-refractivity contribution in [1.82, 2.24) is 30.3 Å². The SMILES string of the molecule is CCc1onc(-c2ccccc2Cl)c1C(=O)Nc1ccc(-n2cnnn2)nc1. The van der Waals surface area contributed by atoms with Gasteiger partial charge in [0.05, 0.1) is 16.9 Å². The van der Waals surface area contributed by atoms with E-state index in [9.17, 15) is 4.79 Å². The number of carbonyl (C=O) groups excluding carboxylic acids is 1. The average Bonchev–Trinajstić information content (AvgIpc) is 3.39. The van der Waals surface area contributed by atoms with Crippen molar-refractivity contribution in [3.8, 4) is 17.1 Å². The van der Waals surface area contributed by atoms with E-state index >= 15 is 0 Å². The van der Waals surface area contributed by atoms with Crippen LogP contribution >= 0.6 is 11.6 Å². The summed E-state index contributed by atoms with van der Waals surface area (Å²) in [6.07, 6.45) is 3.46. The van der Waals surface area contributed by atoms with Crippen molar-refractivity contribution in [3.63, 3.8) is 0 Å². The molecular formula is C18H14ClN7O2. The molecule has 0 radical (unpaired) electrons. The number of amides is 1. The molecule has 0 spiro atoms. The van der Waals surface area contributed by atoms with Crippen molar-refractivity contribution in [1.29, 1.82) is 0 Å². The Balaban J connectivity index is 1.63. The normalized spacial score (nSPS) is 10.8. The molecule has 28 heavy (non-hydrogen) atoms. The van der Waals surface area contributed by atoms with Crippen molar-refractivity contribution < 1.29 is 9.32 Å². The van der Waals surface area contributed by atoms with Crippen LogP contribution in [0.4, 0.5) is 5.69 Å². The monoisotopic (exact) mass is 395 g/mol. The number of nitrogens with zero attached hydrogens (tertiary/aromatic N) is 6. The standard InChI is InChI=1S/C18H14ClN7O2/c1-2-14-16(17(23-28-14)12-5-3-4-6-13(12)19)18(27)22-11-7-8-15(20-9-11)26-10-21-24-25-26/h3-10H,2H2,1H3,(H,22,27). The zero-order valence-electron chi connectivity index (χ0n) is 14.7. The summed E-state index contributed by atoms with van der Waals surface area (Å²) in [5.41, 5.74) is 1.89. The van der Waals surface area contributed by atoms with Gasteiger partial charge >= 0.3 is 0 Å². The van der Waals surface area contributed by atoms with Gasteiger partial charge in [0.15, 0.2) is 5.82 Å². The van der Waals surface area contributed by atoms with Crippen LogP contribution < -0.4 is 5.32 Å². The first-order valence-corrected chi connectivity index (χ1v) is 8.79. The predicted octanol–water partition coefficient (Wildman–Crippen LogP) is 3.18. The number of anilines is 1. The lowest BCUT2D eigenvalue weighted by Gasteiger charge is -2.07. The van der Waals surface area contributed by atoms with Gasteiger partial charge in [0.1, 0.15) is 23.3 Å². The molecule has 1 aromatic carbocycles. The fourth-order valence-corrected chi connectivity index (χ4v) is 2.92. The third-order valence-corrected chi connectivity index (χ3v) is 4.36. The van der Waals surface area contributed by atoms with E-state index in [1.54, 1.807) is 24.3 Å². The topological polar surface area (TPSA) is 112 Å². The fraction of sp³-hybridized carbons (Fsp3) is 0.111. The van der Waals surface area contributed by atoms with Crippen LogP contribution in [0, 0.1) is 0 Å². The summed E-state index contributed by atoms with van der Waals surface area (Å²) in [7, 11) is 0. The molecule has 10 heteroatoms. The van der Waals surface area contributed by atoms with Gasteiger partial charge in [-0.1, -0.05) is 41.9 Å². The molecule has 4 aromatic rings. The van der Waals surface area contributed by atoms with E-state index in [4.69, 9.17) is 16.1 Å². The lowest BCUT2D eigenvalue weighted by atomic mass is 10.0. The van der Waals surface area contributed by atoms with E-state index in [1.165, 1.54) is 17.2 Å². The molecule has 9 nitrogen and oxygen atoms in total. The Kier molecular flexibility index (Phi) is 4.81. The summed E-state index contributed by atoms with van der Waals surface area (Å²) in [5, 5.41) is 18.3. The van der Waals surface area contributed by atoms with Crippen molar-refractivity contribution in [2.75, 3.05) is 5.32 Å². The Labute approximate surface area is 164 Å². The number of nitrogens with one attached hydrogen (secondary N) is 1. The first-order valence-electron chi connectivity index (χ1n) is 8.41. The number of aryl methyl sites for hydroxylation is 1. The van der Waals surface area contributed by atoms with Crippen molar-refractivity contribution in [2.45, 2.75) is 13.3 Å². The lowest BCUT2D eigenvalue weighted by molar-refractivity contribution is 0.102. The molecule has 3 aromatic heterocycles. The first-order chi connectivity index (χ1) is 13.7. The average molecular weight is 396 g/mol. The highest BCUT2D eigenvalue weighted by Gasteiger charge is 2.24. The largest absolute Gasteiger partial charge is 0.360 e. The molecule has 0 unspecified atom stereocenters. The van der Waals surface area contributed by atoms with E-state index < -0.39 is 0 Å². The maximum absolute atomic E-state index is 13.0. The third-order valence-electron chi connectivity index (χ3n) is 4.03. The number of hydrogen-bond acceptors (Lipinski definition) is 7. The van der Waals surface area contributed by atoms with Gasteiger partial charge in [-0.15, -0.1) is 5.10 Å². The van der Waals surface area contributed by atoms with E-state index in [1.807, 2.05) is 19.1 Å². The molecule has 0 aliphatic rings. The Morgan fingerprint density at radius 3 is 2.79 bits per heavy atom. The zero-order valence-corrected chi connectivity index (χ0v) is 15.5. The van der Waals surface area contributed by atoms with Gasteiger partial charge in [0, 0.05) is 12.0 Å². The zero-order chi connectivity index (χ0) is 19.5. The number of halogens is 1. The molecule has 0 saturated carbocycles. The maximum atomic E-state index is 13.0. The van der Waals surface area contributed by atoms with E-state index in [-0.39, 0.29) is 5.91 Å². The van der Waals surface area contributed by atoms with Crippen LogP contribution in [0.15, 0.2) is 53.4 Å². The summed E-state index contributed by atoms with van der Waals surface area (Å²) in [6.45, 7) is 1.89. The smallest absolute Gasteiger partial charge is 0.261 e. The maximum Gasteiger partial charge on any atom is 0.261 e. The van der Waals surface area contributed by atoms with Crippen molar-refractivity contribution >= 4 is 23.2 Å². The molecule has 140 valence electrons. The minimum absolute atomic E-state index is 0.347. The second-order valence-electron chi connectivity index (χ2n) is 5.78. The van der Waals surface area contributed by atoms with Crippen LogP contribution in [0.3, 0.4) is 0 Å². The van der Waals surface area contributed by atoms with E-state index in [0.29, 0.717) is 45.5 Å². The van der Waals surface area contributed by atoms with Crippen LogP contribution in [0.5, 0.6) is 0 Å². The second kappa shape index (κ2) is 7.57. The van der Waals surface area contributed by atoms with Crippen molar-refractivity contribution in [3.05, 3.63) is 65.3 Å². The highest BCUT2D eigenvalue weighted by atomic mass is 35.5. The van der Waals surface area contributed by atoms with Crippen molar-refractivity contribution in [2.24, 2.45) is 0 Å². The Hall–Kier alpha value is -3.59. The molecular weight excluding hydrogens is 382 g/mol. The quantitative estimate of drug-likeness (QED) is 0.552. The number of rotatable bonds is 5. The first kappa shape index (κ1) is 17.8. The number of tetrazole rings is 1. The van der Waals surface area contributed by atoms with Gasteiger partial charge in [0.2, 0.25) is 0 Å². The predicted molar refractivity (Wildman–Crippen MR) is 101 cm³/mol. The molecule has 3 heterocycles. The summed E-state index contributed by atoms with van der Waals surface area (Å²) < 4.78 is 6.78. The number of aromatic nitrogens is 6. The minimum atomic E-state index is -0.356. The number of pyridine rings is 1. The third kappa shape index (κ3) is 3.35.